The number of aromatic nitrogens is 1. The molecule has 1 heterocycles. The molecule has 0 spiro atoms. The first-order chi connectivity index (χ1) is 9.69. The highest BCUT2D eigenvalue weighted by Crippen LogP contribution is 2.21. The first-order valence-corrected chi connectivity index (χ1v) is 6.88. The molecule has 5 heteroatoms. The average molecular weight is 275 g/mol. The van der Waals surface area contributed by atoms with Crippen molar-refractivity contribution in [1.82, 2.24) is 10.3 Å². The van der Waals surface area contributed by atoms with Gasteiger partial charge in [0, 0.05) is 23.8 Å². The summed E-state index contributed by atoms with van der Waals surface area (Å²) in [6.45, 7) is 3.35. The van der Waals surface area contributed by atoms with E-state index in [4.69, 9.17) is 10.5 Å². The third-order valence-electron chi connectivity index (χ3n) is 3.05. The van der Waals surface area contributed by atoms with E-state index in [1.807, 2.05) is 25.1 Å². The first-order valence-electron chi connectivity index (χ1n) is 6.88. The molecule has 1 aromatic carbocycles. The Kier molecular flexibility index (Phi) is 5.01. The summed E-state index contributed by atoms with van der Waals surface area (Å²) in [7, 11) is 0. The quantitative estimate of drug-likeness (QED) is 0.673. The topological polar surface area (TPSA) is 80.1 Å². The van der Waals surface area contributed by atoms with Crippen LogP contribution in [0.4, 0.5) is 0 Å². The summed E-state index contributed by atoms with van der Waals surface area (Å²) in [6.07, 6.45) is 1.82. The number of H-pyrrole nitrogens is 1. The molecular formula is C15H21N3O2. The Bertz CT molecular complexity index is 578. The van der Waals surface area contributed by atoms with Crippen molar-refractivity contribution in [3.05, 3.63) is 30.0 Å². The molecule has 4 N–H and O–H groups in total. The number of carbonyl (C=O) groups is 1. The number of amides is 1. The second kappa shape index (κ2) is 6.96. The standard InChI is InChI=1S/C15H21N3O2/c1-11-8-12-4-5-13(9-14(12)18-11)20-10-15(19)17-7-3-2-6-16/h4-5,8-9,18H,2-3,6-7,10,16H2,1H3,(H,17,19). The highest BCUT2D eigenvalue weighted by Gasteiger charge is 2.04. The van der Waals surface area contributed by atoms with Crippen molar-refractivity contribution in [3.8, 4) is 5.75 Å². The van der Waals surface area contributed by atoms with Gasteiger partial charge in [-0.15, -0.1) is 0 Å². The SMILES string of the molecule is Cc1cc2ccc(OCC(=O)NCCCCN)cc2[nH]1. The zero-order valence-corrected chi connectivity index (χ0v) is 11.7. The number of nitrogens with one attached hydrogen (secondary N) is 2. The lowest BCUT2D eigenvalue weighted by Crippen LogP contribution is -2.29. The minimum Gasteiger partial charge on any atom is -0.484 e. The van der Waals surface area contributed by atoms with E-state index >= 15 is 0 Å². The zero-order chi connectivity index (χ0) is 14.4. The normalized spacial score (nSPS) is 10.7. The van der Waals surface area contributed by atoms with Gasteiger partial charge in [0.15, 0.2) is 6.61 Å². The van der Waals surface area contributed by atoms with Crippen LogP contribution < -0.4 is 15.8 Å². The van der Waals surface area contributed by atoms with E-state index in [9.17, 15) is 4.79 Å². The second-order valence-electron chi connectivity index (χ2n) is 4.84. The summed E-state index contributed by atoms with van der Waals surface area (Å²) < 4.78 is 5.49. The minimum absolute atomic E-state index is 0.0355. The van der Waals surface area contributed by atoms with E-state index < -0.39 is 0 Å². The molecule has 1 amide bonds. The molecule has 0 aliphatic carbocycles. The predicted octanol–water partition coefficient (Wildman–Crippen LogP) is 1.71. The van der Waals surface area contributed by atoms with Gasteiger partial charge >= 0.3 is 0 Å². The Labute approximate surface area is 118 Å². The molecule has 0 bridgehead atoms. The number of benzene rings is 1. The smallest absolute Gasteiger partial charge is 0.257 e. The van der Waals surface area contributed by atoms with Gasteiger partial charge in [-0.2, -0.15) is 0 Å². The lowest BCUT2D eigenvalue weighted by atomic mass is 10.2. The number of unbranched alkanes of at least 4 members (excludes halogenated alkanes) is 1. The lowest BCUT2D eigenvalue weighted by molar-refractivity contribution is -0.123. The van der Waals surface area contributed by atoms with Crippen LogP contribution in [0.3, 0.4) is 0 Å². The number of aryl methyl sites for hydroxylation is 1. The van der Waals surface area contributed by atoms with Crippen LogP contribution in [0.1, 0.15) is 18.5 Å². The van der Waals surface area contributed by atoms with E-state index in [1.165, 1.54) is 0 Å². The predicted molar refractivity (Wildman–Crippen MR) is 79.8 cm³/mol. The van der Waals surface area contributed by atoms with Crippen LogP contribution in [-0.4, -0.2) is 30.6 Å². The Morgan fingerprint density at radius 1 is 1.35 bits per heavy atom. The van der Waals surface area contributed by atoms with Gasteiger partial charge in [0.2, 0.25) is 0 Å². The number of rotatable bonds is 7. The van der Waals surface area contributed by atoms with E-state index in [1.54, 1.807) is 0 Å². The van der Waals surface area contributed by atoms with Crippen molar-refractivity contribution >= 4 is 16.8 Å². The van der Waals surface area contributed by atoms with Crippen molar-refractivity contribution in [2.24, 2.45) is 5.73 Å². The fraction of sp³-hybridized carbons (Fsp3) is 0.400. The van der Waals surface area contributed by atoms with Gasteiger partial charge in [-0.05, 0) is 49.9 Å². The molecule has 0 aliphatic heterocycles. The minimum atomic E-state index is -0.107. The molecule has 0 unspecified atom stereocenters. The molecule has 108 valence electrons. The van der Waals surface area contributed by atoms with E-state index in [0.717, 1.165) is 29.4 Å². The summed E-state index contributed by atoms with van der Waals surface area (Å²) >= 11 is 0. The number of ether oxygens (including phenoxy) is 1. The number of aromatic amines is 1. The number of hydrogen-bond acceptors (Lipinski definition) is 3. The monoisotopic (exact) mass is 275 g/mol. The largest absolute Gasteiger partial charge is 0.484 e. The Morgan fingerprint density at radius 3 is 3.00 bits per heavy atom. The number of carbonyl (C=O) groups excluding carboxylic acids is 1. The van der Waals surface area contributed by atoms with Crippen LogP contribution in [0.25, 0.3) is 10.9 Å². The van der Waals surface area contributed by atoms with Gasteiger partial charge in [-0.1, -0.05) is 0 Å². The number of hydrogen-bond donors (Lipinski definition) is 3. The van der Waals surface area contributed by atoms with Crippen LogP contribution in [0, 0.1) is 6.92 Å². The summed E-state index contributed by atoms with van der Waals surface area (Å²) in [4.78, 5) is 14.8. The van der Waals surface area contributed by atoms with Crippen LogP contribution in [0.15, 0.2) is 24.3 Å². The molecular weight excluding hydrogens is 254 g/mol. The molecule has 0 saturated heterocycles. The molecule has 0 radical (unpaired) electrons. The molecule has 20 heavy (non-hydrogen) atoms. The van der Waals surface area contributed by atoms with Crippen LogP contribution >= 0.6 is 0 Å². The molecule has 0 aliphatic rings. The Morgan fingerprint density at radius 2 is 2.20 bits per heavy atom. The van der Waals surface area contributed by atoms with E-state index in [0.29, 0.717) is 18.8 Å². The van der Waals surface area contributed by atoms with E-state index in [2.05, 4.69) is 16.4 Å². The maximum absolute atomic E-state index is 11.6. The molecule has 5 nitrogen and oxygen atoms in total. The Hall–Kier alpha value is -2.01. The third-order valence-corrected chi connectivity index (χ3v) is 3.05. The number of fused-ring (bicyclic) bond motifs is 1. The van der Waals surface area contributed by atoms with Crippen molar-refractivity contribution in [3.63, 3.8) is 0 Å². The summed E-state index contributed by atoms with van der Waals surface area (Å²) in [5, 5.41) is 3.94. The van der Waals surface area contributed by atoms with Crippen molar-refractivity contribution < 1.29 is 9.53 Å². The second-order valence-corrected chi connectivity index (χ2v) is 4.84. The van der Waals surface area contributed by atoms with Gasteiger partial charge in [0.25, 0.3) is 5.91 Å². The van der Waals surface area contributed by atoms with Gasteiger partial charge in [0.05, 0.1) is 0 Å². The lowest BCUT2D eigenvalue weighted by Gasteiger charge is -2.07. The zero-order valence-electron chi connectivity index (χ0n) is 11.7. The Balaban J connectivity index is 1.81. The van der Waals surface area contributed by atoms with Crippen molar-refractivity contribution in [1.29, 1.82) is 0 Å². The van der Waals surface area contributed by atoms with Gasteiger partial charge in [-0.3, -0.25) is 4.79 Å². The van der Waals surface area contributed by atoms with Gasteiger partial charge in [0.1, 0.15) is 5.75 Å². The summed E-state index contributed by atoms with van der Waals surface area (Å²) in [6, 6.07) is 7.83. The molecule has 2 aromatic rings. The highest BCUT2D eigenvalue weighted by atomic mass is 16.5. The summed E-state index contributed by atoms with van der Waals surface area (Å²) in [5.41, 5.74) is 7.51. The fourth-order valence-electron chi connectivity index (χ4n) is 2.04. The molecule has 2 rings (SSSR count). The maximum Gasteiger partial charge on any atom is 0.257 e. The van der Waals surface area contributed by atoms with Gasteiger partial charge < -0.3 is 20.8 Å². The van der Waals surface area contributed by atoms with Crippen LogP contribution in [0.2, 0.25) is 0 Å². The van der Waals surface area contributed by atoms with Crippen LogP contribution in [-0.2, 0) is 4.79 Å². The molecule has 1 aromatic heterocycles. The molecule has 0 fully saturated rings. The van der Waals surface area contributed by atoms with Crippen LogP contribution in [0.5, 0.6) is 5.75 Å². The maximum atomic E-state index is 11.6. The summed E-state index contributed by atoms with van der Waals surface area (Å²) in [5.74, 6) is 0.584. The average Bonchev–Trinajstić information content (AvgIpc) is 2.80. The third kappa shape index (κ3) is 3.99. The molecule has 0 atom stereocenters. The highest BCUT2D eigenvalue weighted by molar-refractivity contribution is 5.82. The van der Waals surface area contributed by atoms with Gasteiger partial charge in [-0.25, -0.2) is 0 Å². The fourth-order valence-corrected chi connectivity index (χ4v) is 2.04. The van der Waals surface area contributed by atoms with Crippen molar-refractivity contribution in [2.45, 2.75) is 19.8 Å². The number of nitrogens with two attached hydrogens (primary N) is 1. The van der Waals surface area contributed by atoms with Crippen molar-refractivity contribution in [2.75, 3.05) is 19.7 Å². The van der Waals surface area contributed by atoms with E-state index in [-0.39, 0.29) is 12.5 Å². The first kappa shape index (κ1) is 14.4. The molecule has 0 saturated carbocycles.